The summed E-state index contributed by atoms with van der Waals surface area (Å²) < 4.78 is 65.5. The molecule has 10 heteroatoms. The minimum Gasteiger partial charge on any atom is -0.322 e. The van der Waals surface area contributed by atoms with E-state index in [1.54, 1.807) is 13.8 Å². The van der Waals surface area contributed by atoms with Gasteiger partial charge in [-0.05, 0) is 50.2 Å². The Balaban J connectivity index is 2.29. The first-order valence-electron chi connectivity index (χ1n) is 7.70. The fraction of sp³-hybridized carbons (Fsp3) is 0.235. The van der Waals surface area contributed by atoms with Crippen molar-refractivity contribution in [3.63, 3.8) is 0 Å². The Morgan fingerprint density at radius 1 is 1.11 bits per heavy atom. The smallest absolute Gasteiger partial charge is 0.322 e. The summed E-state index contributed by atoms with van der Waals surface area (Å²) in [6.45, 7) is 3.31. The van der Waals surface area contributed by atoms with Crippen molar-refractivity contribution in [3.05, 3.63) is 58.1 Å². The second-order valence-corrected chi connectivity index (χ2v) is 8.52. The van der Waals surface area contributed by atoms with Crippen LogP contribution in [-0.4, -0.2) is 20.4 Å². The maximum absolute atomic E-state index is 13.0. The monoisotopic (exact) mass is 464 g/mol. The lowest BCUT2D eigenvalue weighted by atomic mass is 10.1. The fourth-order valence-electron chi connectivity index (χ4n) is 2.21. The number of hydrogen-bond donors (Lipinski definition) is 2. The summed E-state index contributed by atoms with van der Waals surface area (Å²) in [5.41, 5.74) is -1.00. The number of anilines is 1. The van der Waals surface area contributed by atoms with Gasteiger partial charge in [0.2, 0.25) is 10.0 Å². The first-order chi connectivity index (χ1) is 12.4. The van der Waals surface area contributed by atoms with Gasteiger partial charge in [0.15, 0.2) is 0 Å². The molecule has 1 amide bonds. The van der Waals surface area contributed by atoms with Gasteiger partial charge in [-0.25, -0.2) is 13.1 Å². The second kappa shape index (κ2) is 7.99. The third-order valence-corrected chi connectivity index (χ3v) is 5.67. The highest BCUT2D eigenvalue weighted by Gasteiger charge is 2.33. The topological polar surface area (TPSA) is 75.3 Å². The van der Waals surface area contributed by atoms with Gasteiger partial charge in [0.05, 0.1) is 10.5 Å². The quantitative estimate of drug-likeness (QED) is 0.687. The van der Waals surface area contributed by atoms with Crippen molar-refractivity contribution < 1.29 is 26.4 Å². The molecule has 0 spiro atoms. The predicted molar refractivity (Wildman–Crippen MR) is 99.0 cm³/mol. The highest BCUT2D eigenvalue weighted by molar-refractivity contribution is 9.10. The largest absolute Gasteiger partial charge is 0.417 e. The third-order valence-electron chi connectivity index (χ3n) is 3.33. The van der Waals surface area contributed by atoms with Crippen LogP contribution in [0.25, 0.3) is 0 Å². The molecule has 0 aliphatic rings. The highest BCUT2D eigenvalue weighted by Crippen LogP contribution is 2.36. The van der Waals surface area contributed by atoms with E-state index in [4.69, 9.17) is 0 Å². The lowest BCUT2D eigenvalue weighted by Crippen LogP contribution is -2.30. The van der Waals surface area contributed by atoms with Crippen molar-refractivity contribution in [2.45, 2.75) is 31.0 Å². The molecule has 146 valence electrons. The average Bonchev–Trinajstić information content (AvgIpc) is 2.54. The van der Waals surface area contributed by atoms with Gasteiger partial charge in [0, 0.05) is 21.8 Å². The minimum atomic E-state index is -4.59. The number of nitrogens with one attached hydrogen (secondary N) is 2. The van der Waals surface area contributed by atoms with E-state index in [1.165, 1.54) is 30.3 Å². The zero-order chi connectivity index (χ0) is 20.4. The molecule has 0 fully saturated rings. The van der Waals surface area contributed by atoms with Gasteiger partial charge in [-0.15, -0.1) is 0 Å². The van der Waals surface area contributed by atoms with Gasteiger partial charge in [-0.2, -0.15) is 13.2 Å². The van der Waals surface area contributed by atoms with Crippen molar-refractivity contribution in [1.29, 1.82) is 0 Å². The third kappa shape index (κ3) is 5.53. The molecule has 0 saturated heterocycles. The lowest BCUT2D eigenvalue weighted by molar-refractivity contribution is -0.138. The maximum Gasteiger partial charge on any atom is 0.417 e. The van der Waals surface area contributed by atoms with Crippen molar-refractivity contribution in [2.24, 2.45) is 0 Å². The van der Waals surface area contributed by atoms with E-state index in [1.807, 2.05) is 0 Å². The molecule has 0 heterocycles. The Hall–Kier alpha value is -1.91. The molecule has 2 aromatic carbocycles. The van der Waals surface area contributed by atoms with E-state index >= 15 is 0 Å². The van der Waals surface area contributed by atoms with Gasteiger partial charge >= 0.3 is 6.18 Å². The SMILES string of the molecule is CC(C)NS(=O)(=O)c1cccc(C(=O)Nc2ccc(Br)c(C(F)(F)F)c2)c1. The van der Waals surface area contributed by atoms with Crippen LogP contribution in [0, 0.1) is 0 Å². The zero-order valence-corrected chi connectivity index (χ0v) is 16.7. The summed E-state index contributed by atoms with van der Waals surface area (Å²) in [5.74, 6) is -0.730. The number of halogens is 4. The Kier molecular flexibility index (Phi) is 6.33. The standard InChI is InChI=1S/C17H16BrF3N2O3S/c1-10(2)23-27(25,26)13-5-3-4-11(8-13)16(24)22-12-6-7-15(18)14(9-12)17(19,20)21/h3-10,23H,1-2H3,(H,22,24). The van der Waals surface area contributed by atoms with E-state index in [9.17, 15) is 26.4 Å². The van der Waals surface area contributed by atoms with Gasteiger partial charge in [-0.3, -0.25) is 4.79 Å². The lowest BCUT2D eigenvalue weighted by Gasteiger charge is -2.13. The number of hydrogen-bond acceptors (Lipinski definition) is 3. The molecule has 2 aromatic rings. The molecule has 0 aliphatic carbocycles. The number of carbonyl (C=O) groups excluding carboxylic acids is 1. The summed E-state index contributed by atoms with van der Waals surface area (Å²) in [5, 5.41) is 2.34. The van der Waals surface area contributed by atoms with Gasteiger partial charge in [-0.1, -0.05) is 22.0 Å². The zero-order valence-electron chi connectivity index (χ0n) is 14.3. The molecule has 27 heavy (non-hydrogen) atoms. The van der Waals surface area contributed by atoms with Crippen LogP contribution in [0.5, 0.6) is 0 Å². The summed E-state index contributed by atoms with van der Waals surface area (Å²) in [7, 11) is -3.81. The second-order valence-electron chi connectivity index (χ2n) is 5.95. The molecule has 0 aromatic heterocycles. The Labute approximate surface area is 163 Å². The first kappa shape index (κ1) is 21.4. The molecule has 2 N–H and O–H groups in total. The van der Waals surface area contributed by atoms with Crippen molar-refractivity contribution in [3.8, 4) is 0 Å². The predicted octanol–water partition coefficient (Wildman–Crippen LogP) is 4.41. The molecule has 0 unspecified atom stereocenters. The molecule has 0 radical (unpaired) electrons. The Morgan fingerprint density at radius 2 is 1.78 bits per heavy atom. The minimum absolute atomic E-state index is 0.00175. The van der Waals surface area contributed by atoms with Crippen LogP contribution in [0.4, 0.5) is 18.9 Å². The van der Waals surface area contributed by atoms with Crippen molar-refractivity contribution in [2.75, 3.05) is 5.32 Å². The van der Waals surface area contributed by atoms with E-state index in [-0.39, 0.29) is 26.7 Å². The van der Waals surface area contributed by atoms with Crippen molar-refractivity contribution >= 4 is 37.5 Å². The fourth-order valence-corrected chi connectivity index (χ4v) is 3.97. The van der Waals surface area contributed by atoms with Crippen LogP contribution < -0.4 is 10.0 Å². The molecule has 0 atom stereocenters. The van der Waals surface area contributed by atoms with Crippen LogP contribution in [0.1, 0.15) is 29.8 Å². The summed E-state index contributed by atoms with van der Waals surface area (Å²) in [6, 6.07) is 8.16. The van der Waals surface area contributed by atoms with Gasteiger partial charge in [0.1, 0.15) is 0 Å². The van der Waals surface area contributed by atoms with Gasteiger partial charge in [0.25, 0.3) is 5.91 Å². The van der Waals surface area contributed by atoms with Crippen LogP contribution in [-0.2, 0) is 16.2 Å². The average molecular weight is 465 g/mol. The summed E-state index contributed by atoms with van der Waals surface area (Å²) in [6.07, 6.45) is -4.59. The van der Waals surface area contributed by atoms with Crippen molar-refractivity contribution in [1.82, 2.24) is 4.72 Å². The van der Waals surface area contributed by atoms with E-state index in [0.29, 0.717) is 0 Å². The van der Waals surface area contributed by atoms with E-state index in [2.05, 4.69) is 26.0 Å². The molecular weight excluding hydrogens is 449 g/mol. The van der Waals surface area contributed by atoms with E-state index in [0.717, 1.165) is 12.1 Å². The van der Waals surface area contributed by atoms with Crippen LogP contribution in [0.3, 0.4) is 0 Å². The van der Waals surface area contributed by atoms with Crippen LogP contribution >= 0.6 is 15.9 Å². The molecule has 0 bridgehead atoms. The van der Waals surface area contributed by atoms with Crippen LogP contribution in [0.2, 0.25) is 0 Å². The van der Waals surface area contributed by atoms with Crippen LogP contribution in [0.15, 0.2) is 51.8 Å². The number of carbonyl (C=O) groups is 1. The Bertz CT molecular complexity index is 960. The summed E-state index contributed by atoms with van der Waals surface area (Å²) in [4.78, 5) is 12.2. The Morgan fingerprint density at radius 3 is 2.37 bits per heavy atom. The number of sulfonamides is 1. The van der Waals surface area contributed by atoms with Gasteiger partial charge < -0.3 is 5.32 Å². The molecule has 2 rings (SSSR count). The highest BCUT2D eigenvalue weighted by atomic mass is 79.9. The number of benzene rings is 2. The molecule has 0 aliphatic heterocycles. The number of amides is 1. The molecular formula is C17H16BrF3N2O3S. The number of alkyl halides is 3. The molecule has 5 nitrogen and oxygen atoms in total. The first-order valence-corrected chi connectivity index (χ1v) is 9.98. The normalized spacial score (nSPS) is 12.3. The molecule has 0 saturated carbocycles. The summed E-state index contributed by atoms with van der Waals surface area (Å²) >= 11 is 2.82. The maximum atomic E-state index is 13.0. The van der Waals surface area contributed by atoms with E-state index < -0.39 is 27.7 Å². The number of rotatable bonds is 5.